The van der Waals surface area contributed by atoms with Gasteiger partial charge in [0, 0.05) is 23.9 Å². The topological polar surface area (TPSA) is 67.7 Å². The third kappa shape index (κ3) is 3.48. The predicted molar refractivity (Wildman–Crippen MR) is 93.6 cm³/mol. The molecule has 0 radical (unpaired) electrons. The number of rotatable bonds is 5. The lowest BCUT2D eigenvalue weighted by molar-refractivity contribution is 0.673. The van der Waals surface area contributed by atoms with Gasteiger partial charge in [-0.15, -0.1) is 0 Å². The molecular weight excluding hydrogens is 284 g/mol. The SMILES string of the molecule is Cc1nc(-c2ccc(C(=N)N)cc2)cn1CCc1ccccc1. The third-order valence-corrected chi connectivity index (χ3v) is 3.95. The maximum Gasteiger partial charge on any atom is 0.122 e. The molecule has 0 spiro atoms. The van der Waals surface area contributed by atoms with Crippen LogP contribution in [0, 0.1) is 12.3 Å². The largest absolute Gasteiger partial charge is 0.384 e. The van der Waals surface area contributed by atoms with Gasteiger partial charge in [-0.1, -0.05) is 54.6 Å². The summed E-state index contributed by atoms with van der Waals surface area (Å²) in [5.41, 5.74) is 9.53. The Morgan fingerprint density at radius 3 is 2.43 bits per heavy atom. The van der Waals surface area contributed by atoms with E-state index in [1.807, 2.05) is 37.3 Å². The molecule has 0 unspecified atom stereocenters. The number of benzene rings is 2. The van der Waals surface area contributed by atoms with Crippen molar-refractivity contribution in [3.05, 3.63) is 77.7 Å². The molecule has 0 saturated carbocycles. The van der Waals surface area contributed by atoms with Crippen molar-refractivity contribution < 1.29 is 0 Å². The molecule has 0 aliphatic heterocycles. The van der Waals surface area contributed by atoms with Crippen LogP contribution >= 0.6 is 0 Å². The number of nitrogens with two attached hydrogens (primary N) is 1. The van der Waals surface area contributed by atoms with Crippen LogP contribution in [0.25, 0.3) is 11.3 Å². The minimum absolute atomic E-state index is 0.0844. The van der Waals surface area contributed by atoms with Gasteiger partial charge < -0.3 is 10.3 Å². The van der Waals surface area contributed by atoms with Crippen LogP contribution in [0.3, 0.4) is 0 Å². The van der Waals surface area contributed by atoms with E-state index < -0.39 is 0 Å². The molecule has 0 aliphatic carbocycles. The molecule has 2 aromatic carbocycles. The zero-order valence-corrected chi connectivity index (χ0v) is 13.2. The number of amidine groups is 1. The van der Waals surface area contributed by atoms with Gasteiger partial charge in [-0.3, -0.25) is 5.41 Å². The van der Waals surface area contributed by atoms with Crippen molar-refractivity contribution in [2.45, 2.75) is 19.9 Å². The van der Waals surface area contributed by atoms with Gasteiger partial charge in [0.1, 0.15) is 11.7 Å². The van der Waals surface area contributed by atoms with Crippen LogP contribution in [0.5, 0.6) is 0 Å². The zero-order valence-electron chi connectivity index (χ0n) is 13.2. The maximum atomic E-state index is 7.44. The first kappa shape index (κ1) is 15.0. The van der Waals surface area contributed by atoms with Crippen molar-refractivity contribution >= 4 is 5.84 Å². The van der Waals surface area contributed by atoms with E-state index >= 15 is 0 Å². The number of hydrogen-bond acceptors (Lipinski definition) is 2. The van der Waals surface area contributed by atoms with Crippen molar-refractivity contribution in [2.24, 2.45) is 5.73 Å². The summed E-state index contributed by atoms with van der Waals surface area (Å²) in [7, 11) is 0. The number of imidazole rings is 1. The van der Waals surface area contributed by atoms with E-state index in [0.29, 0.717) is 0 Å². The first-order valence-corrected chi connectivity index (χ1v) is 7.66. The minimum atomic E-state index is 0.0844. The molecule has 4 nitrogen and oxygen atoms in total. The first-order valence-electron chi connectivity index (χ1n) is 7.66. The second kappa shape index (κ2) is 6.48. The normalized spacial score (nSPS) is 10.7. The van der Waals surface area contributed by atoms with Gasteiger partial charge in [-0.05, 0) is 18.9 Å². The molecule has 0 amide bonds. The number of aryl methyl sites for hydroxylation is 3. The third-order valence-electron chi connectivity index (χ3n) is 3.95. The fourth-order valence-electron chi connectivity index (χ4n) is 2.59. The van der Waals surface area contributed by atoms with Crippen LogP contribution in [-0.4, -0.2) is 15.4 Å². The summed E-state index contributed by atoms with van der Waals surface area (Å²) in [6, 6.07) is 18.1. The lowest BCUT2D eigenvalue weighted by Crippen LogP contribution is -2.10. The molecule has 3 aromatic rings. The van der Waals surface area contributed by atoms with E-state index in [9.17, 15) is 0 Å². The average molecular weight is 304 g/mol. The van der Waals surface area contributed by atoms with E-state index in [0.717, 1.165) is 35.6 Å². The van der Waals surface area contributed by atoms with Crippen molar-refractivity contribution in [1.82, 2.24) is 9.55 Å². The molecule has 1 heterocycles. The fraction of sp³-hybridized carbons (Fsp3) is 0.158. The molecule has 0 saturated heterocycles. The van der Waals surface area contributed by atoms with Gasteiger partial charge in [0.05, 0.1) is 5.69 Å². The number of hydrogen-bond donors (Lipinski definition) is 2. The van der Waals surface area contributed by atoms with Crippen LogP contribution in [0.1, 0.15) is 17.0 Å². The molecule has 0 atom stereocenters. The lowest BCUT2D eigenvalue weighted by Gasteiger charge is -2.04. The van der Waals surface area contributed by atoms with Gasteiger partial charge in [0.15, 0.2) is 0 Å². The molecule has 3 rings (SSSR count). The standard InChI is InChI=1S/C19H20N4/c1-14-22-18(16-7-9-17(10-8-16)19(20)21)13-23(14)12-11-15-5-3-2-4-6-15/h2-10,13H,11-12H2,1H3,(H3,20,21). The predicted octanol–water partition coefficient (Wildman–Crippen LogP) is 3.39. The highest BCUT2D eigenvalue weighted by Crippen LogP contribution is 2.19. The summed E-state index contributed by atoms with van der Waals surface area (Å²) in [4.78, 5) is 4.65. The molecule has 1 aromatic heterocycles. The quantitative estimate of drug-likeness (QED) is 0.560. The van der Waals surface area contributed by atoms with Crippen LogP contribution in [0.2, 0.25) is 0 Å². The van der Waals surface area contributed by atoms with Gasteiger partial charge in [-0.2, -0.15) is 0 Å². The van der Waals surface area contributed by atoms with Crippen molar-refractivity contribution in [3.63, 3.8) is 0 Å². The molecule has 116 valence electrons. The number of nitrogen functional groups attached to an aromatic ring is 1. The van der Waals surface area contributed by atoms with Crippen LogP contribution in [0.15, 0.2) is 60.8 Å². The molecular formula is C19H20N4. The Bertz CT molecular complexity index is 801. The van der Waals surface area contributed by atoms with Gasteiger partial charge >= 0.3 is 0 Å². The smallest absolute Gasteiger partial charge is 0.122 e. The first-order chi connectivity index (χ1) is 11.1. The van der Waals surface area contributed by atoms with Crippen molar-refractivity contribution in [2.75, 3.05) is 0 Å². The molecule has 4 heteroatoms. The van der Waals surface area contributed by atoms with Gasteiger partial charge in [0.25, 0.3) is 0 Å². The Hall–Kier alpha value is -2.88. The molecule has 23 heavy (non-hydrogen) atoms. The van der Waals surface area contributed by atoms with E-state index in [1.165, 1.54) is 5.56 Å². The second-order valence-corrected chi connectivity index (χ2v) is 5.59. The van der Waals surface area contributed by atoms with E-state index in [4.69, 9.17) is 11.1 Å². The Morgan fingerprint density at radius 1 is 1.09 bits per heavy atom. The van der Waals surface area contributed by atoms with Gasteiger partial charge in [0.2, 0.25) is 0 Å². The second-order valence-electron chi connectivity index (χ2n) is 5.59. The highest BCUT2D eigenvalue weighted by molar-refractivity contribution is 5.95. The van der Waals surface area contributed by atoms with Crippen molar-refractivity contribution in [3.8, 4) is 11.3 Å². The average Bonchev–Trinajstić information content (AvgIpc) is 2.95. The summed E-state index contributed by atoms with van der Waals surface area (Å²) in [5, 5.41) is 7.44. The number of nitrogens with zero attached hydrogens (tertiary/aromatic N) is 2. The zero-order chi connectivity index (χ0) is 16.2. The fourth-order valence-corrected chi connectivity index (χ4v) is 2.59. The van der Waals surface area contributed by atoms with Crippen LogP contribution < -0.4 is 5.73 Å². The summed E-state index contributed by atoms with van der Waals surface area (Å²) in [6.45, 7) is 2.94. The number of nitrogens with one attached hydrogen (secondary N) is 1. The Kier molecular flexibility index (Phi) is 4.24. The minimum Gasteiger partial charge on any atom is -0.384 e. The Labute approximate surface area is 136 Å². The Balaban J connectivity index is 1.76. The lowest BCUT2D eigenvalue weighted by atomic mass is 10.1. The Morgan fingerprint density at radius 2 is 1.78 bits per heavy atom. The highest BCUT2D eigenvalue weighted by atomic mass is 15.1. The van der Waals surface area contributed by atoms with Crippen LogP contribution in [-0.2, 0) is 13.0 Å². The van der Waals surface area contributed by atoms with E-state index in [2.05, 4.69) is 40.0 Å². The van der Waals surface area contributed by atoms with Crippen LogP contribution in [0.4, 0.5) is 0 Å². The van der Waals surface area contributed by atoms with Crippen molar-refractivity contribution in [1.29, 1.82) is 5.41 Å². The summed E-state index contributed by atoms with van der Waals surface area (Å²) in [5.74, 6) is 1.09. The molecule has 0 fully saturated rings. The van der Waals surface area contributed by atoms with E-state index in [1.54, 1.807) is 0 Å². The monoisotopic (exact) mass is 304 g/mol. The van der Waals surface area contributed by atoms with E-state index in [-0.39, 0.29) is 5.84 Å². The molecule has 0 bridgehead atoms. The molecule has 0 aliphatic rings. The van der Waals surface area contributed by atoms with Gasteiger partial charge in [-0.25, -0.2) is 4.98 Å². The highest BCUT2D eigenvalue weighted by Gasteiger charge is 2.07. The summed E-state index contributed by atoms with van der Waals surface area (Å²) < 4.78 is 2.18. The summed E-state index contributed by atoms with van der Waals surface area (Å²) in [6.07, 6.45) is 3.07. The molecule has 3 N–H and O–H groups in total. The number of aromatic nitrogens is 2. The summed E-state index contributed by atoms with van der Waals surface area (Å²) >= 11 is 0. The maximum absolute atomic E-state index is 7.44.